The molecule has 160 valence electrons. The van der Waals surface area contributed by atoms with Crippen molar-refractivity contribution in [2.45, 2.75) is 11.9 Å². The zero-order valence-electron chi connectivity index (χ0n) is 17.6. The van der Waals surface area contributed by atoms with E-state index in [2.05, 4.69) is 4.98 Å². The second-order valence-corrected chi connectivity index (χ2v) is 8.52. The number of rotatable bonds is 6. The molecular weight excluding hydrogens is 420 g/mol. The Morgan fingerprint density at radius 2 is 1.81 bits per heavy atom. The fraction of sp³-hybridized carbons (Fsp3) is 0.160. The smallest absolute Gasteiger partial charge is 0.234 e. The topological polar surface area (TPSA) is 60.3 Å². The third kappa shape index (κ3) is 3.99. The Bertz CT molecular complexity index is 1210. The first kappa shape index (κ1) is 20.3. The van der Waals surface area contributed by atoms with Gasteiger partial charge in [0.05, 0.1) is 36.5 Å². The van der Waals surface area contributed by atoms with Gasteiger partial charge in [-0.25, -0.2) is 4.68 Å². The lowest BCUT2D eigenvalue weighted by Crippen LogP contribution is -2.28. The summed E-state index contributed by atoms with van der Waals surface area (Å²) in [5.41, 5.74) is 4.68. The predicted octanol–water partition coefficient (Wildman–Crippen LogP) is 4.72. The Balaban J connectivity index is 1.57. The maximum Gasteiger partial charge on any atom is 0.234 e. The van der Waals surface area contributed by atoms with E-state index in [9.17, 15) is 4.79 Å². The number of thioether (sulfide) groups is 1. The van der Waals surface area contributed by atoms with Crippen LogP contribution in [-0.4, -0.2) is 38.4 Å². The van der Waals surface area contributed by atoms with Crippen LogP contribution >= 0.6 is 11.8 Å². The monoisotopic (exact) mass is 442 g/mol. The molecule has 4 aromatic rings. The first-order valence-corrected chi connectivity index (χ1v) is 11.4. The maximum absolute atomic E-state index is 12.8. The van der Waals surface area contributed by atoms with E-state index in [1.807, 2.05) is 88.6 Å². The van der Waals surface area contributed by atoms with E-state index in [4.69, 9.17) is 9.84 Å². The zero-order valence-corrected chi connectivity index (χ0v) is 18.4. The van der Waals surface area contributed by atoms with E-state index in [1.54, 1.807) is 25.1 Å². The molecule has 2 aromatic heterocycles. The number of carbonyl (C=O) groups is 1. The number of methoxy groups -OCH3 is 1. The second kappa shape index (κ2) is 8.88. The summed E-state index contributed by atoms with van der Waals surface area (Å²) in [7, 11) is 1.65. The molecular formula is C25H22N4O2S. The first-order chi connectivity index (χ1) is 15.7. The van der Waals surface area contributed by atoms with Gasteiger partial charge >= 0.3 is 0 Å². The lowest BCUT2D eigenvalue weighted by molar-refractivity contribution is -0.128. The van der Waals surface area contributed by atoms with Crippen LogP contribution in [0.15, 0.2) is 85.2 Å². The van der Waals surface area contributed by atoms with Crippen molar-refractivity contribution in [1.82, 2.24) is 19.7 Å². The van der Waals surface area contributed by atoms with Crippen LogP contribution in [0.1, 0.15) is 16.6 Å². The molecule has 7 heteroatoms. The Hall–Kier alpha value is -3.58. The molecule has 3 heterocycles. The molecule has 1 aliphatic rings. The number of para-hydroxylation sites is 1. The van der Waals surface area contributed by atoms with Gasteiger partial charge in [-0.15, -0.1) is 11.8 Å². The Kier molecular flexibility index (Phi) is 5.64. The number of ether oxygens (including phenoxy) is 1. The lowest BCUT2D eigenvalue weighted by Gasteiger charge is -2.23. The van der Waals surface area contributed by atoms with Crippen molar-refractivity contribution in [2.24, 2.45) is 0 Å². The van der Waals surface area contributed by atoms with Crippen molar-refractivity contribution in [3.63, 3.8) is 0 Å². The van der Waals surface area contributed by atoms with Gasteiger partial charge in [-0.05, 0) is 48.5 Å². The van der Waals surface area contributed by atoms with Gasteiger partial charge in [0.2, 0.25) is 5.91 Å². The van der Waals surface area contributed by atoms with Gasteiger partial charge in [-0.3, -0.25) is 9.78 Å². The van der Waals surface area contributed by atoms with E-state index in [0.29, 0.717) is 12.3 Å². The lowest BCUT2D eigenvalue weighted by atomic mass is 10.1. The highest BCUT2D eigenvalue weighted by Crippen LogP contribution is 2.43. The Morgan fingerprint density at radius 1 is 1.03 bits per heavy atom. The van der Waals surface area contributed by atoms with Crippen molar-refractivity contribution < 1.29 is 9.53 Å². The Morgan fingerprint density at radius 3 is 2.53 bits per heavy atom. The van der Waals surface area contributed by atoms with Gasteiger partial charge in [0.25, 0.3) is 0 Å². The summed E-state index contributed by atoms with van der Waals surface area (Å²) in [5, 5.41) is 4.79. The average molecular weight is 443 g/mol. The number of pyridine rings is 1. The van der Waals surface area contributed by atoms with E-state index < -0.39 is 0 Å². The van der Waals surface area contributed by atoms with Gasteiger partial charge in [0, 0.05) is 23.5 Å². The minimum Gasteiger partial charge on any atom is -0.497 e. The molecule has 0 N–H and O–H groups in total. The van der Waals surface area contributed by atoms with Crippen molar-refractivity contribution in [2.75, 3.05) is 12.9 Å². The molecule has 0 radical (unpaired) electrons. The van der Waals surface area contributed by atoms with Crippen LogP contribution in [0.2, 0.25) is 0 Å². The highest BCUT2D eigenvalue weighted by molar-refractivity contribution is 8.00. The highest BCUT2D eigenvalue weighted by atomic mass is 32.2. The molecule has 1 saturated heterocycles. The number of benzene rings is 2. The van der Waals surface area contributed by atoms with Crippen LogP contribution < -0.4 is 4.74 Å². The SMILES string of the molecule is COc1ccc(-c2nn(-c3ccccc3)cc2[C@H]2SCC(=O)N2Cc2ccccn2)cc1. The van der Waals surface area contributed by atoms with Crippen molar-refractivity contribution >= 4 is 17.7 Å². The van der Waals surface area contributed by atoms with Crippen LogP contribution in [0.4, 0.5) is 0 Å². The molecule has 1 aliphatic heterocycles. The fourth-order valence-electron chi connectivity index (χ4n) is 3.80. The minimum atomic E-state index is -0.140. The minimum absolute atomic E-state index is 0.110. The van der Waals surface area contributed by atoms with Crippen LogP contribution in [-0.2, 0) is 11.3 Å². The molecule has 5 rings (SSSR count). The molecule has 2 aromatic carbocycles. The predicted molar refractivity (Wildman–Crippen MR) is 126 cm³/mol. The number of carbonyl (C=O) groups excluding carboxylic acids is 1. The van der Waals surface area contributed by atoms with Crippen LogP contribution in [0.5, 0.6) is 5.75 Å². The zero-order chi connectivity index (χ0) is 21.9. The summed E-state index contributed by atoms with van der Waals surface area (Å²) in [6.45, 7) is 0.468. The number of aromatic nitrogens is 3. The van der Waals surface area contributed by atoms with Gasteiger partial charge in [-0.1, -0.05) is 24.3 Å². The molecule has 1 atom stereocenters. The normalized spacial score (nSPS) is 15.8. The summed E-state index contributed by atoms with van der Waals surface area (Å²) in [5.74, 6) is 1.34. The molecule has 6 nitrogen and oxygen atoms in total. The standard InChI is InChI=1S/C25H22N4O2S/c1-31-21-12-10-18(11-13-21)24-22(16-29(27-24)20-8-3-2-4-9-20)25-28(23(30)17-32-25)15-19-7-5-6-14-26-19/h2-14,16,25H,15,17H2,1H3/t25-/m1/s1. The van der Waals surface area contributed by atoms with Gasteiger partial charge in [0.15, 0.2) is 0 Å². The summed E-state index contributed by atoms with van der Waals surface area (Å²) < 4.78 is 7.20. The average Bonchev–Trinajstić information content (AvgIpc) is 3.44. The van der Waals surface area contributed by atoms with Crippen LogP contribution in [0, 0.1) is 0 Å². The summed E-state index contributed by atoms with van der Waals surface area (Å²) in [6, 6.07) is 23.7. The highest BCUT2D eigenvalue weighted by Gasteiger charge is 2.36. The fourth-order valence-corrected chi connectivity index (χ4v) is 4.99. The van der Waals surface area contributed by atoms with Gasteiger partial charge in [0.1, 0.15) is 11.1 Å². The van der Waals surface area contributed by atoms with E-state index in [0.717, 1.165) is 34.0 Å². The summed E-state index contributed by atoms with van der Waals surface area (Å²) in [4.78, 5) is 19.1. The first-order valence-electron chi connectivity index (χ1n) is 10.3. The van der Waals surface area contributed by atoms with Crippen molar-refractivity contribution in [3.8, 4) is 22.7 Å². The quantitative estimate of drug-likeness (QED) is 0.433. The molecule has 0 unspecified atom stereocenters. The largest absolute Gasteiger partial charge is 0.497 e. The number of amides is 1. The van der Waals surface area contributed by atoms with E-state index in [-0.39, 0.29) is 11.3 Å². The molecule has 0 bridgehead atoms. The summed E-state index contributed by atoms with van der Waals surface area (Å²) >= 11 is 1.63. The molecule has 1 fully saturated rings. The number of nitrogens with zero attached hydrogens (tertiary/aromatic N) is 4. The molecule has 1 amide bonds. The van der Waals surface area contributed by atoms with Crippen molar-refractivity contribution in [1.29, 1.82) is 0 Å². The third-order valence-electron chi connectivity index (χ3n) is 5.42. The van der Waals surface area contributed by atoms with E-state index in [1.165, 1.54) is 0 Å². The van der Waals surface area contributed by atoms with Crippen molar-refractivity contribution in [3.05, 3.63) is 96.4 Å². The summed E-state index contributed by atoms with van der Waals surface area (Å²) in [6.07, 6.45) is 3.80. The molecule has 0 spiro atoms. The van der Waals surface area contributed by atoms with Crippen LogP contribution in [0.25, 0.3) is 16.9 Å². The van der Waals surface area contributed by atoms with Gasteiger partial charge in [-0.2, -0.15) is 5.10 Å². The van der Waals surface area contributed by atoms with Gasteiger partial charge < -0.3 is 9.64 Å². The third-order valence-corrected chi connectivity index (χ3v) is 6.66. The Labute approximate surface area is 190 Å². The molecule has 0 aliphatic carbocycles. The molecule has 0 saturated carbocycles. The number of hydrogen-bond acceptors (Lipinski definition) is 5. The number of hydrogen-bond donors (Lipinski definition) is 0. The maximum atomic E-state index is 12.8. The second-order valence-electron chi connectivity index (χ2n) is 7.45. The van der Waals surface area contributed by atoms with E-state index >= 15 is 0 Å². The van der Waals surface area contributed by atoms with Crippen LogP contribution in [0.3, 0.4) is 0 Å². The molecule has 32 heavy (non-hydrogen) atoms.